The highest BCUT2D eigenvalue weighted by atomic mass is 19.1. The molecular formula is C21H22FN3O2. The Balaban J connectivity index is 1.52. The smallest absolute Gasteiger partial charge is 0.251 e. The molecule has 0 radical (unpaired) electrons. The van der Waals surface area contributed by atoms with Crippen molar-refractivity contribution in [3.63, 3.8) is 0 Å². The number of aromatic nitrogens is 2. The number of carbonyl (C=O) groups excluding carboxylic acids is 1. The van der Waals surface area contributed by atoms with E-state index in [2.05, 4.69) is 10.4 Å². The van der Waals surface area contributed by atoms with Gasteiger partial charge in [0.05, 0.1) is 18.5 Å². The van der Waals surface area contributed by atoms with Crippen molar-refractivity contribution in [2.24, 2.45) is 0 Å². The minimum absolute atomic E-state index is 0.123. The van der Waals surface area contributed by atoms with Gasteiger partial charge in [-0.25, -0.2) is 9.07 Å². The Hall–Kier alpha value is -3.15. The number of amides is 1. The summed E-state index contributed by atoms with van der Waals surface area (Å²) in [5.74, 6) is -0.722. The average Bonchev–Trinajstić information content (AvgIpc) is 3.06. The van der Waals surface area contributed by atoms with E-state index in [0.29, 0.717) is 6.54 Å². The second kappa shape index (κ2) is 8.49. The molecular weight excluding hydrogens is 345 g/mol. The Morgan fingerprint density at radius 2 is 2.00 bits per heavy atom. The van der Waals surface area contributed by atoms with E-state index in [0.717, 1.165) is 29.8 Å². The lowest BCUT2D eigenvalue weighted by Gasteiger charge is -2.07. The Morgan fingerprint density at radius 1 is 1.22 bits per heavy atom. The normalized spacial score (nSPS) is 10.6. The van der Waals surface area contributed by atoms with Crippen LogP contribution in [0.3, 0.4) is 0 Å². The van der Waals surface area contributed by atoms with E-state index in [1.807, 2.05) is 48.1 Å². The van der Waals surface area contributed by atoms with Crippen LogP contribution in [-0.2, 0) is 6.42 Å². The summed E-state index contributed by atoms with van der Waals surface area (Å²) in [6.45, 7) is 2.48. The topological polar surface area (TPSA) is 56.1 Å². The van der Waals surface area contributed by atoms with Gasteiger partial charge in [0.15, 0.2) is 11.6 Å². The molecule has 0 unspecified atom stereocenters. The molecule has 0 atom stereocenters. The summed E-state index contributed by atoms with van der Waals surface area (Å²) < 4.78 is 20.4. The van der Waals surface area contributed by atoms with Crippen molar-refractivity contribution in [1.82, 2.24) is 15.1 Å². The minimum atomic E-state index is -0.547. The van der Waals surface area contributed by atoms with Crippen LogP contribution in [0, 0.1) is 12.7 Å². The van der Waals surface area contributed by atoms with E-state index in [-0.39, 0.29) is 17.2 Å². The summed E-state index contributed by atoms with van der Waals surface area (Å²) in [7, 11) is 1.39. The summed E-state index contributed by atoms with van der Waals surface area (Å²) in [6, 6.07) is 14.1. The molecule has 5 nitrogen and oxygen atoms in total. The Morgan fingerprint density at radius 3 is 2.70 bits per heavy atom. The van der Waals surface area contributed by atoms with Gasteiger partial charge in [0, 0.05) is 18.3 Å². The molecule has 0 bridgehead atoms. The summed E-state index contributed by atoms with van der Waals surface area (Å²) in [4.78, 5) is 12.1. The lowest BCUT2D eigenvalue weighted by molar-refractivity contribution is 0.0952. The molecule has 3 aromatic rings. The fourth-order valence-corrected chi connectivity index (χ4v) is 2.84. The van der Waals surface area contributed by atoms with Gasteiger partial charge in [0.2, 0.25) is 0 Å². The number of hydrogen-bond acceptors (Lipinski definition) is 3. The van der Waals surface area contributed by atoms with Crippen molar-refractivity contribution in [3.8, 4) is 11.4 Å². The number of nitrogens with one attached hydrogen (secondary N) is 1. The molecule has 0 aliphatic carbocycles. The van der Waals surface area contributed by atoms with Crippen molar-refractivity contribution in [2.45, 2.75) is 19.8 Å². The van der Waals surface area contributed by atoms with Crippen molar-refractivity contribution in [2.75, 3.05) is 13.7 Å². The Kier molecular flexibility index (Phi) is 5.86. The van der Waals surface area contributed by atoms with Gasteiger partial charge in [-0.05, 0) is 55.7 Å². The first-order chi connectivity index (χ1) is 13.1. The maximum Gasteiger partial charge on any atom is 0.251 e. The van der Waals surface area contributed by atoms with E-state index >= 15 is 0 Å². The molecule has 1 amide bonds. The molecule has 0 aliphatic rings. The predicted molar refractivity (Wildman–Crippen MR) is 102 cm³/mol. The van der Waals surface area contributed by atoms with Gasteiger partial charge < -0.3 is 10.1 Å². The molecule has 140 valence electrons. The van der Waals surface area contributed by atoms with Crippen LogP contribution >= 0.6 is 0 Å². The van der Waals surface area contributed by atoms with Gasteiger partial charge in [-0.3, -0.25) is 4.79 Å². The van der Waals surface area contributed by atoms with Crippen LogP contribution in [0.5, 0.6) is 5.75 Å². The number of rotatable bonds is 7. The number of benzene rings is 2. The number of carbonyl (C=O) groups is 1. The van der Waals surface area contributed by atoms with Crippen molar-refractivity contribution in [1.29, 1.82) is 0 Å². The van der Waals surface area contributed by atoms with Crippen LogP contribution < -0.4 is 10.1 Å². The largest absolute Gasteiger partial charge is 0.494 e. The molecule has 0 saturated heterocycles. The number of aryl methyl sites for hydroxylation is 2. The van der Waals surface area contributed by atoms with Crippen LogP contribution in [0.2, 0.25) is 0 Å². The quantitative estimate of drug-likeness (QED) is 0.648. The molecule has 27 heavy (non-hydrogen) atoms. The zero-order valence-electron chi connectivity index (χ0n) is 15.4. The van der Waals surface area contributed by atoms with Crippen LogP contribution in [0.15, 0.2) is 54.7 Å². The van der Waals surface area contributed by atoms with E-state index in [9.17, 15) is 9.18 Å². The second-order valence-corrected chi connectivity index (χ2v) is 6.23. The molecule has 6 heteroatoms. The SMILES string of the molecule is COc1ccc(C(=O)NCCCc2cn(-c3ccccc3)nc2C)cc1F. The third-order valence-electron chi connectivity index (χ3n) is 4.34. The number of para-hydroxylation sites is 1. The van der Waals surface area contributed by atoms with Crippen molar-refractivity contribution >= 4 is 5.91 Å². The van der Waals surface area contributed by atoms with Crippen LogP contribution in [-0.4, -0.2) is 29.3 Å². The molecule has 0 saturated carbocycles. The number of hydrogen-bond donors (Lipinski definition) is 1. The highest BCUT2D eigenvalue weighted by Crippen LogP contribution is 2.17. The summed E-state index contributed by atoms with van der Waals surface area (Å²) in [5.41, 5.74) is 3.41. The van der Waals surface area contributed by atoms with Crippen LogP contribution in [0.25, 0.3) is 5.69 Å². The number of nitrogens with zero attached hydrogens (tertiary/aromatic N) is 2. The molecule has 0 aliphatic heterocycles. The second-order valence-electron chi connectivity index (χ2n) is 6.23. The first kappa shape index (κ1) is 18.6. The van der Waals surface area contributed by atoms with Gasteiger partial charge in [0.1, 0.15) is 0 Å². The molecule has 3 rings (SSSR count). The summed E-state index contributed by atoms with van der Waals surface area (Å²) in [6.07, 6.45) is 3.59. The number of ether oxygens (including phenoxy) is 1. The Bertz CT molecular complexity index is 922. The summed E-state index contributed by atoms with van der Waals surface area (Å²) >= 11 is 0. The molecule has 1 aromatic heterocycles. The highest BCUT2D eigenvalue weighted by Gasteiger charge is 2.10. The van der Waals surface area contributed by atoms with Gasteiger partial charge in [-0.2, -0.15) is 5.10 Å². The van der Waals surface area contributed by atoms with E-state index in [4.69, 9.17) is 4.74 Å². The van der Waals surface area contributed by atoms with Crippen molar-refractivity contribution < 1.29 is 13.9 Å². The molecule has 1 N–H and O–H groups in total. The van der Waals surface area contributed by atoms with Gasteiger partial charge >= 0.3 is 0 Å². The standard InChI is InChI=1S/C21H22FN3O2/c1-15-17(14-25(24-15)18-8-4-3-5-9-18)7-6-12-23-21(26)16-10-11-20(27-2)19(22)13-16/h3-5,8-11,13-14H,6-7,12H2,1-2H3,(H,23,26). The monoisotopic (exact) mass is 367 g/mol. The van der Waals surface area contributed by atoms with Crippen LogP contribution in [0.4, 0.5) is 4.39 Å². The Labute approximate surface area is 157 Å². The van der Waals surface area contributed by atoms with Gasteiger partial charge in [-0.15, -0.1) is 0 Å². The maximum absolute atomic E-state index is 13.7. The van der Waals surface area contributed by atoms with E-state index in [1.54, 1.807) is 6.07 Å². The lowest BCUT2D eigenvalue weighted by Crippen LogP contribution is -2.24. The predicted octanol–water partition coefficient (Wildman–Crippen LogP) is 3.69. The molecule has 0 spiro atoms. The third-order valence-corrected chi connectivity index (χ3v) is 4.34. The number of methoxy groups -OCH3 is 1. The zero-order chi connectivity index (χ0) is 19.2. The van der Waals surface area contributed by atoms with Gasteiger partial charge in [-0.1, -0.05) is 18.2 Å². The molecule has 2 aromatic carbocycles. The first-order valence-electron chi connectivity index (χ1n) is 8.81. The first-order valence-corrected chi connectivity index (χ1v) is 8.81. The highest BCUT2D eigenvalue weighted by molar-refractivity contribution is 5.94. The number of halogens is 1. The molecule has 0 fully saturated rings. The minimum Gasteiger partial charge on any atom is -0.494 e. The third kappa shape index (κ3) is 4.53. The van der Waals surface area contributed by atoms with E-state index < -0.39 is 5.82 Å². The lowest BCUT2D eigenvalue weighted by atomic mass is 10.1. The molecule has 1 heterocycles. The zero-order valence-corrected chi connectivity index (χ0v) is 15.4. The fourth-order valence-electron chi connectivity index (χ4n) is 2.84. The average molecular weight is 367 g/mol. The maximum atomic E-state index is 13.7. The van der Waals surface area contributed by atoms with Gasteiger partial charge in [0.25, 0.3) is 5.91 Å². The van der Waals surface area contributed by atoms with Crippen LogP contribution in [0.1, 0.15) is 28.0 Å². The van der Waals surface area contributed by atoms with Crippen molar-refractivity contribution in [3.05, 3.63) is 77.4 Å². The van der Waals surface area contributed by atoms with E-state index in [1.165, 1.54) is 19.2 Å². The summed E-state index contributed by atoms with van der Waals surface area (Å²) in [5, 5.41) is 7.36. The fraction of sp³-hybridized carbons (Fsp3) is 0.238.